The minimum atomic E-state index is -0.0408. The Morgan fingerprint density at radius 2 is 2.04 bits per heavy atom. The second kappa shape index (κ2) is 7.97. The van der Waals surface area contributed by atoms with E-state index < -0.39 is 0 Å². The van der Waals surface area contributed by atoms with Crippen molar-refractivity contribution in [2.75, 3.05) is 18.0 Å². The largest absolute Gasteiger partial charge is 0.397 e. The van der Waals surface area contributed by atoms with Gasteiger partial charge in [-0.15, -0.1) is 24.8 Å². The van der Waals surface area contributed by atoms with Gasteiger partial charge in [-0.25, -0.2) is 0 Å². The Balaban J connectivity index is 0.00000132. The number of hydrogen-bond acceptors (Lipinski definition) is 6. The first-order valence-electron chi connectivity index (χ1n) is 6.97. The Bertz CT molecular complexity index is 699. The Morgan fingerprint density at radius 3 is 2.65 bits per heavy atom. The second-order valence-electron chi connectivity index (χ2n) is 5.34. The van der Waals surface area contributed by atoms with Gasteiger partial charge in [-0.2, -0.15) is 4.37 Å². The summed E-state index contributed by atoms with van der Waals surface area (Å²) in [6.07, 6.45) is 2.23. The Hall–Kier alpha value is -1.34. The topological polar surface area (TPSA) is 94.0 Å². The number of anilines is 2. The average Bonchev–Trinajstić information content (AvgIpc) is 3.10. The maximum absolute atomic E-state index is 12.6. The van der Waals surface area contributed by atoms with E-state index in [1.54, 1.807) is 18.2 Å². The molecule has 1 aromatic heterocycles. The molecule has 1 fully saturated rings. The van der Waals surface area contributed by atoms with Crippen LogP contribution in [0.2, 0.25) is 0 Å². The van der Waals surface area contributed by atoms with Crippen molar-refractivity contribution in [1.29, 1.82) is 0 Å². The number of ketones is 1. The van der Waals surface area contributed by atoms with E-state index in [9.17, 15) is 4.79 Å². The molecule has 1 saturated heterocycles. The summed E-state index contributed by atoms with van der Waals surface area (Å²) in [6.45, 7) is 2.98. The molecule has 2 aromatic rings. The fourth-order valence-electron chi connectivity index (χ4n) is 2.65. The molecule has 1 atom stereocenters. The summed E-state index contributed by atoms with van der Waals surface area (Å²) >= 11 is 1.26. The highest BCUT2D eigenvalue weighted by Gasteiger charge is 2.25. The molecule has 1 unspecified atom stereocenters. The highest BCUT2D eigenvalue weighted by Crippen LogP contribution is 2.30. The number of aromatic nitrogens is 1. The van der Waals surface area contributed by atoms with E-state index >= 15 is 0 Å². The molecule has 0 bridgehead atoms. The summed E-state index contributed by atoms with van der Waals surface area (Å²) in [5, 5.41) is 3.42. The smallest absolute Gasteiger partial charge is 0.204 e. The number of hydrogen-bond donors (Lipinski definition) is 3. The SMILES string of the molecule is Cc1c(C2CCCN2)nsc1C(=O)c1ccc(N)c(N)c1.Cl.Cl. The summed E-state index contributed by atoms with van der Waals surface area (Å²) in [6, 6.07) is 5.28. The molecule has 5 nitrogen and oxygen atoms in total. The molecular weight excluding hydrogens is 355 g/mol. The molecule has 126 valence electrons. The number of benzene rings is 1. The number of rotatable bonds is 3. The van der Waals surface area contributed by atoms with Crippen LogP contribution in [0.1, 0.15) is 45.4 Å². The standard InChI is InChI=1S/C15H18N4OS.2ClH/c1-8-13(12-3-2-6-18-12)19-21-15(8)14(20)9-4-5-10(16)11(17)7-9;;/h4-5,7,12,18H,2-3,6,16-17H2,1H3;2*1H. The van der Waals surface area contributed by atoms with E-state index in [2.05, 4.69) is 9.69 Å². The van der Waals surface area contributed by atoms with Gasteiger partial charge in [0.2, 0.25) is 5.78 Å². The summed E-state index contributed by atoms with van der Waals surface area (Å²) in [7, 11) is 0. The Morgan fingerprint density at radius 1 is 1.30 bits per heavy atom. The van der Waals surface area contributed by atoms with E-state index in [1.165, 1.54) is 11.5 Å². The molecule has 0 aliphatic carbocycles. The molecule has 5 N–H and O–H groups in total. The van der Waals surface area contributed by atoms with Crippen LogP contribution in [0.5, 0.6) is 0 Å². The van der Waals surface area contributed by atoms with Crippen molar-refractivity contribution in [3.63, 3.8) is 0 Å². The highest BCUT2D eigenvalue weighted by molar-refractivity contribution is 7.08. The first-order chi connectivity index (χ1) is 10.1. The zero-order valence-electron chi connectivity index (χ0n) is 12.7. The maximum atomic E-state index is 12.6. The summed E-state index contributed by atoms with van der Waals surface area (Å²) < 4.78 is 4.49. The number of nitrogens with zero attached hydrogens (tertiary/aromatic N) is 1. The second-order valence-corrected chi connectivity index (χ2v) is 6.12. The molecule has 0 spiro atoms. The average molecular weight is 375 g/mol. The van der Waals surface area contributed by atoms with Crippen molar-refractivity contribution >= 4 is 53.5 Å². The van der Waals surface area contributed by atoms with E-state index in [0.717, 1.165) is 30.6 Å². The van der Waals surface area contributed by atoms with Crippen molar-refractivity contribution in [1.82, 2.24) is 9.69 Å². The third kappa shape index (κ3) is 3.77. The highest BCUT2D eigenvalue weighted by atomic mass is 35.5. The zero-order chi connectivity index (χ0) is 15.0. The van der Waals surface area contributed by atoms with Gasteiger partial charge in [0, 0.05) is 5.56 Å². The van der Waals surface area contributed by atoms with E-state index in [-0.39, 0.29) is 36.6 Å². The lowest BCUT2D eigenvalue weighted by molar-refractivity contribution is 0.104. The quantitative estimate of drug-likeness (QED) is 0.566. The predicted octanol–water partition coefficient (Wildman–Crippen LogP) is 3.12. The number of nitrogens with two attached hydrogens (primary N) is 2. The minimum Gasteiger partial charge on any atom is -0.397 e. The van der Waals surface area contributed by atoms with Gasteiger partial charge in [-0.3, -0.25) is 4.79 Å². The van der Waals surface area contributed by atoms with Gasteiger partial charge in [0.05, 0.1) is 28.0 Å². The zero-order valence-corrected chi connectivity index (χ0v) is 15.1. The van der Waals surface area contributed by atoms with Crippen LogP contribution in [0.4, 0.5) is 11.4 Å². The Kier molecular flexibility index (Phi) is 6.83. The van der Waals surface area contributed by atoms with Gasteiger partial charge in [-0.05, 0) is 61.6 Å². The van der Waals surface area contributed by atoms with Crippen molar-refractivity contribution < 1.29 is 4.79 Å². The van der Waals surface area contributed by atoms with Crippen LogP contribution in [0, 0.1) is 6.92 Å². The molecular formula is C15H20Cl2N4OS. The summed E-state index contributed by atoms with van der Waals surface area (Å²) in [5.41, 5.74) is 14.9. The van der Waals surface area contributed by atoms with Crippen LogP contribution in [-0.2, 0) is 0 Å². The monoisotopic (exact) mass is 374 g/mol. The summed E-state index contributed by atoms with van der Waals surface area (Å²) in [4.78, 5) is 13.3. The van der Waals surface area contributed by atoms with Gasteiger partial charge in [-0.1, -0.05) is 0 Å². The van der Waals surface area contributed by atoms with Crippen LogP contribution in [0.3, 0.4) is 0 Å². The molecule has 0 amide bonds. The van der Waals surface area contributed by atoms with E-state index in [4.69, 9.17) is 11.5 Å². The molecule has 0 radical (unpaired) electrons. The van der Waals surface area contributed by atoms with Gasteiger partial charge in [0.15, 0.2) is 0 Å². The van der Waals surface area contributed by atoms with Gasteiger partial charge < -0.3 is 16.8 Å². The van der Waals surface area contributed by atoms with Crippen molar-refractivity contribution in [2.24, 2.45) is 0 Å². The molecule has 2 heterocycles. The minimum absolute atomic E-state index is 0. The molecule has 8 heteroatoms. The Labute approximate surface area is 151 Å². The molecule has 1 aromatic carbocycles. The van der Waals surface area contributed by atoms with Crippen molar-refractivity contribution in [2.45, 2.75) is 25.8 Å². The van der Waals surface area contributed by atoms with Crippen LogP contribution >= 0.6 is 36.3 Å². The number of halogens is 2. The van der Waals surface area contributed by atoms with Gasteiger partial charge in [0.25, 0.3) is 0 Å². The molecule has 1 aliphatic heterocycles. The third-order valence-electron chi connectivity index (χ3n) is 3.91. The lowest BCUT2D eigenvalue weighted by Crippen LogP contribution is -2.14. The molecule has 23 heavy (non-hydrogen) atoms. The van der Waals surface area contributed by atoms with Gasteiger partial charge >= 0.3 is 0 Å². The summed E-state index contributed by atoms with van der Waals surface area (Å²) in [5.74, 6) is -0.0408. The molecule has 0 saturated carbocycles. The van der Waals surface area contributed by atoms with Crippen LogP contribution in [0.25, 0.3) is 0 Å². The third-order valence-corrected chi connectivity index (χ3v) is 4.87. The van der Waals surface area contributed by atoms with Crippen LogP contribution in [-0.4, -0.2) is 16.7 Å². The number of nitrogens with one attached hydrogen (secondary N) is 1. The first-order valence-corrected chi connectivity index (χ1v) is 7.74. The van der Waals surface area contributed by atoms with Crippen molar-refractivity contribution in [3.05, 3.63) is 39.9 Å². The first kappa shape index (κ1) is 19.7. The fraction of sp³-hybridized carbons (Fsp3) is 0.333. The number of carbonyl (C=O) groups is 1. The lowest BCUT2D eigenvalue weighted by Gasteiger charge is -2.08. The van der Waals surface area contributed by atoms with E-state index in [0.29, 0.717) is 21.8 Å². The van der Waals surface area contributed by atoms with E-state index in [1.807, 2.05) is 6.92 Å². The molecule has 1 aliphatic rings. The number of nitrogen functional groups attached to an aromatic ring is 2. The van der Waals surface area contributed by atoms with Crippen LogP contribution < -0.4 is 16.8 Å². The maximum Gasteiger partial charge on any atom is 0.204 e. The normalized spacial score (nSPS) is 16.5. The predicted molar refractivity (Wildman–Crippen MR) is 100 cm³/mol. The fourth-order valence-corrected chi connectivity index (χ4v) is 3.55. The number of carbonyl (C=O) groups excluding carboxylic acids is 1. The lowest BCUT2D eigenvalue weighted by atomic mass is 10.0. The van der Waals surface area contributed by atoms with Crippen molar-refractivity contribution in [3.8, 4) is 0 Å². The van der Waals surface area contributed by atoms with Crippen LogP contribution in [0.15, 0.2) is 18.2 Å². The molecule has 3 rings (SSSR count). The van der Waals surface area contributed by atoms with Gasteiger partial charge in [0.1, 0.15) is 0 Å².